The van der Waals surface area contributed by atoms with Crippen LogP contribution in [0.4, 0.5) is 0 Å². The average molecular weight is 233 g/mol. The van der Waals surface area contributed by atoms with Crippen LogP contribution in [0.5, 0.6) is 0 Å². The molecule has 1 aromatic rings. The summed E-state index contributed by atoms with van der Waals surface area (Å²) in [6, 6.07) is 0.786. The van der Waals surface area contributed by atoms with Gasteiger partial charge in [-0.1, -0.05) is 0 Å². The number of nitrogens with one attached hydrogen (secondary N) is 1. The van der Waals surface area contributed by atoms with Gasteiger partial charge >= 0.3 is 0 Å². The van der Waals surface area contributed by atoms with Gasteiger partial charge in [0.2, 0.25) is 0 Å². The van der Waals surface area contributed by atoms with E-state index in [9.17, 15) is 0 Å². The van der Waals surface area contributed by atoms with Gasteiger partial charge in [-0.2, -0.15) is 0 Å². The summed E-state index contributed by atoms with van der Waals surface area (Å²) in [5.41, 5.74) is 1.08. The van der Waals surface area contributed by atoms with Gasteiger partial charge in [0.25, 0.3) is 0 Å². The fourth-order valence-corrected chi connectivity index (χ4v) is 2.46. The van der Waals surface area contributed by atoms with E-state index in [0.29, 0.717) is 0 Å². The zero-order valence-corrected chi connectivity index (χ0v) is 10.0. The predicted molar refractivity (Wildman–Crippen MR) is 65.5 cm³/mol. The van der Waals surface area contributed by atoms with E-state index in [4.69, 9.17) is 0 Å². The first kappa shape index (κ1) is 11.1. The fraction of sp³-hybridized carbons (Fsp3) is 0.667. The Labute approximate surface area is 102 Å². The van der Waals surface area contributed by atoms with Gasteiger partial charge in [0, 0.05) is 70.4 Å². The molecule has 0 aromatic carbocycles. The first-order valence-corrected chi connectivity index (χ1v) is 6.34. The minimum absolute atomic E-state index is 0.786. The summed E-state index contributed by atoms with van der Waals surface area (Å²) in [5, 5.41) is 3.34. The van der Waals surface area contributed by atoms with Crippen molar-refractivity contribution in [2.24, 2.45) is 0 Å². The molecule has 3 rings (SSSR count). The molecule has 0 unspecified atom stereocenters. The summed E-state index contributed by atoms with van der Waals surface area (Å²) >= 11 is 0. The van der Waals surface area contributed by atoms with Gasteiger partial charge in [0.15, 0.2) is 0 Å². The van der Waals surface area contributed by atoms with Crippen LogP contribution in [-0.4, -0.2) is 65.1 Å². The highest BCUT2D eigenvalue weighted by atomic mass is 15.3. The van der Waals surface area contributed by atoms with Crippen LogP contribution in [0.2, 0.25) is 0 Å². The second-order valence-electron chi connectivity index (χ2n) is 4.82. The summed E-state index contributed by atoms with van der Waals surface area (Å²) in [6.07, 6.45) is 5.36. The van der Waals surface area contributed by atoms with E-state index in [1.165, 1.54) is 26.2 Å². The minimum atomic E-state index is 0.786. The molecule has 5 nitrogen and oxygen atoms in total. The number of aromatic nitrogens is 2. The second kappa shape index (κ2) is 5.08. The Bertz CT molecular complexity index is 343. The lowest BCUT2D eigenvalue weighted by Gasteiger charge is -2.43. The van der Waals surface area contributed by atoms with Crippen molar-refractivity contribution >= 4 is 0 Å². The van der Waals surface area contributed by atoms with E-state index in [-0.39, 0.29) is 0 Å². The predicted octanol–water partition coefficient (Wildman–Crippen LogP) is -0.434. The van der Waals surface area contributed by atoms with Gasteiger partial charge in [0.1, 0.15) is 0 Å². The van der Waals surface area contributed by atoms with Crippen LogP contribution < -0.4 is 5.32 Å². The zero-order valence-electron chi connectivity index (χ0n) is 10.0. The Balaban J connectivity index is 1.48. The summed E-state index contributed by atoms with van der Waals surface area (Å²) in [7, 11) is 0. The lowest BCUT2D eigenvalue weighted by atomic mass is 10.1. The van der Waals surface area contributed by atoms with E-state index < -0.39 is 0 Å². The van der Waals surface area contributed by atoms with E-state index in [1.807, 2.05) is 6.20 Å². The van der Waals surface area contributed by atoms with Gasteiger partial charge < -0.3 is 5.32 Å². The van der Waals surface area contributed by atoms with E-state index in [1.54, 1.807) is 12.4 Å². The van der Waals surface area contributed by atoms with Crippen molar-refractivity contribution in [3.8, 4) is 0 Å². The maximum absolute atomic E-state index is 4.33. The third-order valence-electron chi connectivity index (χ3n) is 3.69. The van der Waals surface area contributed by atoms with E-state index in [0.717, 1.165) is 31.4 Å². The molecule has 92 valence electrons. The Morgan fingerprint density at radius 3 is 2.59 bits per heavy atom. The number of hydrogen-bond acceptors (Lipinski definition) is 5. The number of hydrogen-bond donors (Lipinski definition) is 1. The third-order valence-corrected chi connectivity index (χ3v) is 3.69. The van der Waals surface area contributed by atoms with Crippen molar-refractivity contribution in [2.75, 3.05) is 39.3 Å². The van der Waals surface area contributed by atoms with Crippen LogP contribution in [0.3, 0.4) is 0 Å². The van der Waals surface area contributed by atoms with Crippen molar-refractivity contribution in [1.82, 2.24) is 25.1 Å². The standard InChI is InChI=1S/C12H19N5/c1-2-15-11(7-13-1)10-16-3-5-17(6-4-16)12-8-14-9-12/h1-2,7,12,14H,3-6,8-10H2. The molecule has 2 aliphatic rings. The van der Waals surface area contributed by atoms with Crippen molar-refractivity contribution in [2.45, 2.75) is 12.6 Å². The Kier molecular flexibility index (Phi) is 3.31. The minimum Gasteiger partial charge on any atom is -0.314 e. The maximum Gasteiger partial charge on any atom is 0.0726 e. The largest absolute Gasteiger partial charge is 0.314 e. The molecule has 0 saturated carbocycles. The summed E-state index contributed by atoms with van der Waals surface area (Å²) in [6.45, 7) is 7.94. The summed E-state index contributed by atoms with van der Waals surface area (Å²) < 4.78 is 0. The van der Waals surface area contributed by atoms with Crippen molar-refractivity contribution in [1.29, 1.82) is 0 Å². The van der Waals surface area contributed by atoms with Crippen LogP contribution >= 0.6 is 0 Å². The number of rotatable bonds is 3. The molecule has 2 saturated heterocycles. The van der Waals surface area contributed by atoms with Crippen LogP contribution in [0.15, 0.2) is 18.6 Å². The fourth-order valence-electron chi connectivity index (χ4n) is 2.46. The topological polar surface area (TPSA) is 44.3 Å². The Morgan fingerprint density at radius 2 is 2.00 bits per heavy atom. The highest BCUT2D eigenvalue weighted by molar-refractivity contribution is 4.95. The molecule has 2 fully saturated rings. The first-order valence-electron chi connectivity index (χ1n) is 6.34. The Morgan fingerprint density at radius 1 is 1.18 bits per heavy atom. The Hall–Kier alpha value is -1.04. The van der Waals surface area contributed by atoms with Crippen LogP contribution in [0.1, 0.15) is 5.69 Å². The first-order chi connectivity index (χ1) is 8.42. The SMILES string of the molecule is c1cnc(CN2CCN(C3CNC3)CC2)cn1. The van der Waals surface area contributed by atoms with Gasteiger partial charge in [-0.3, -0.25) is 19.8 Å². The second-order valence-corrected chi connectivity index (χ2v) is 4.82. The monoisotopic (exact) mass is 233 g/mol. The van der Waals surface area contributed by atoms with Gasteiger partial charge in [-0.25, -0.2) is 0 Å². The third kappa shape index (κ3) is 2.62. The molecule has 0 radical (unpaired) electrons. The molecule has 0 spiro atoms. The van der Waals surface area contributed by atoms with Crippen molar-refractivity contribution in [3.63, 3.8) is 0 Å². The smallest absolute Gasteiger partial charge is 0.0726 e. The van der Waals surface area contributed by atoms with Crippen molar-refractivity contribution < 1.29 is 0 Å². The summed E-state index contributed by atoms with van der Waals surface area (Å²) in [4.78, 5) is 13.5. The van der Waals surface area contributed by atoms with Crippen LogP contribution in [-0.2, 0) is 6.54 Å². The molecule has 0 aliphatic carbocycles. The normalized spacial score (nSPS) is 23.5. The summed E-state index contributed by atoms with van der Waals surface area (Å²) in [5.74, 6) is 0. The average Bonchev–Trinajstić information content (AvgIpc) is 2.31. The van der Waals surface area contributed by atoms with Crippen molar-refractivity contribution in [3.05, 3.63) is 24.3 Å². The molecular weight excluding hydrogens is 214 g/mol. The molecule has 0 atom stereocenters. The highest BCUT2D eigenvalue weighted by Crippen LogP contribution is 2.11. The molecule has 1 aromatic heterocycles. The van der Waals surface area contributed by atoms with Gasteiger partial charge in [-0.15, -0.1) is 0 Å². The lowest BCUT2D eigenvalue weighted by molar-refractivity contribution is 0.0689. The molecular formula is C12H19N5. The van der Waals surface area contributed by atoms with E-state index >= 15 is 0 Å². The molecule has 1 N–H and O–H groups in total. The lowest BCUT2D eigenvalue weighted by Crippen LogP contribution is -2.61. The molecule has 5 heteroatoms. The molecule has 3 heterocycles. The van der Waals surface area contributed by atoms with Gasteiger partial charge in [-0.05, 0) is 0 Å². The number of piperazine rings is 1. The highest BCUT2D eigenvalue weighted by Gasteiger charge is 2.27. The quantitative estimate of drug-likeness (QED) is 0.767. The molecule has 0 amide bonds. The molecule has 0 bridgehead atoms. The zero-order chi connectivity index (χ0) is 11.5. The van der Waals surface area contributed by atoms with Crippen LogP contribution in [0.25, 0.3) is 0 Å². The molecule has 2 aliphatic heterocycles. The maximum atomic E-state index is 4.33. The number of nitrogens with zero attached hydrogens (tertiary/aromatic N) is 4. The van der Waals surface area contributed by atoms with Gasteiger partial charge in [0.05, 0.1) is 5.69 Å². The molecule has 17 heavy (non-hydrogen) atoms. The van der Waals surface area contributed by atoms with E-state index in [2.05, 4.69) is 25.1 Å². The van der Waals surface area contributed by atoms with Crippen LogP contribution in [0, 0.1) is 0 Å².